The summed E-state index contributed by atoms with van der Waals surface area (Å²) in [6.45, 7) is 0.740. The maximum atomic E-state index is 12.4. The third-order valence-corrected chi connectivity index (χ3v) is 4.18. The first-order valence-electron chi connectivity index (χ1n) is 6.27. The maximum Gasteiger partial charge on any atom is 0.326 e. The first-order valence-corrected chi connectivity index (χ1v) is 7.15. The number of ether oxygens (including phenoxy) is 1. The van der Waals surface area contributed by atoms with Gasteiger partial charge in [-0.25, -0.2) is 9.78 Å². The average Bonchev–Trinajstić information content (AvgIpc) is 3.04. The maximum absolute atomic E-state index is 12.4. The van der Waals surface area contributed by atoms with Crippen molar-refractivity contribution in [2.75, 3.05) is 20.2 Å². The molecule has 2 atom stereocenters. The normalized spacial score (nSPS) is 22.2. The Kier molecular flexibility index (Phi) is 4.69. The Labute approximate surface area is 120 Å². The van der Waals surface area contributed by atoms with Gasteiger partial charge < -0.3 is 20.5 Å². The second kappa shape index (κ2) is 6.29. The van der Waals surface area contributed by atoms with Crippen LogP contribution in [0.25, 0.3) is 0 Å². The van der Waals surface area contributed by atoms with E-state index in [4.69, 9.17) is 10.5 Å². The topological polar surface area (TPSA) is 106 Å². The van der Waals surface area contributed by atoms with Crippen LogP contribution in [0.3, 0.4) is 0 Å². The number of rotatable bonds is 5. The van der Waals surface area contributed by atoms with Crippen LogP contribution in [0.5, 0.6) is 0 Å². The van der Waals surface area contributed by atoms with E-state index < -0.39 is 12.0 Å². The standard InChI is InChI=1S/C12H17N3O4S/c1-19-7-4-9(12(17)18)15(5-7)11(16)8-6-20-10(14-8)2-3-13/h6-7,9H,2-5,13H2,1H3,(H,17,18). The minimum atomic E-state index is -1.02. The SMILES string of the molecule is COC1CC(C(=O)O)N(C(=O)c2csc(CCN)n2)C1. The Bertz CT molecular complexity index is 505. The number of aromatic nitrogens is 1. The third kappa shape index (κ3) is 2.97. The third-order valence-electron chi connectivity index (χ3n) is 3.27. The molecular formula is C12H17N3O4S. The van der Waals surface area contributed by atoms with E-state index in [-0.39, 0.29) is 24.2 Å². The Morgan fingerprint density at radius 3 is 3.00 bits per heavy atom. The number of amides is 1. The highest BCUT2D eigenvalue weighted by atomic mass is 32.1. The van der Waals surface area contributed by atoms with Gasteiger partial charge in [0.15, 0.2) is 0 Å². The highest BCUT2D eigenvalue weighted by molar-refractivity contribution is 7.09. The van der Waals surface area contributed by atoms with Gasteiger partial charge in [-0.15, -0.1) is 11.3 Å². The summed E-state index contributed by atoms with van der Waals surface area (Å²) in [6.07, 6.45) is 0.667. The van der Waals surface area contributed by atoms with E-state index in [1.807, 2.05) is 0 Å². The summed E-state index contributed by atoms with van der Waals surface area (Å²) in [7, 11) is 1.51. The summed E-state index contributed by atoms with van der Waals surface area (Å²) in [5.41, 5.74) is 5.72. The van der Waals surface area contributed by atoms with Gasteiger partial charge in [-0.3, -0.25) is 4.79 Å². The van der Waals surface area contributed by atoms with E-state index in [0.717, 1.165) is 5.01 Å². The molecule has 8 heteroatoms. The molecule has 3 N–H and O–H groups in total. The number of hydrogen-bond acceptors (Lipinski definition) is 6. The van der Waals surface area contributed by atoms with Crippen molar-refractivity contribution < 1.29 is 19.4 Å². The predicted octanol–water partition coefficient (Wildman–Crippen LogP) is -0.0416. The monoisotopic (exact) mass is 299 g/mol. The molecule has 0 aliphatic carbocycles. The van der Waals surface area contributed by atoms with Crippen LogP contribution < -0.4 is 5.73 Å². The smallest absolute Gasteiger partial charge is 0.326 e. The number of carbonyl (C=O) groups excluding carboxylic acids is 1. The molecule has 1 aliphatic rings. The highest BCUT2D eigenvalue weighted by Gasteiger charge is 2.40. The van der Waals surface area contributed by atoms with E-state index in [9.17, 15) is 14.7 Å². The molecule has 1 aliphatic heterocycles. The van der Waals surface area contributed by atoms with Crippen LogP contribution in [0, 0.1) is 0 Å². The molecule has 2 rings (SSSR count). The number of carbonyl (C=O) groups is 2. The molecule has 1 amide bonds. The van der Waals surface area contributed by atoms with E-state index >= 15 is 0 Å². The molecule has 1 fully saturated rings. The summed E-state index contributed by atoms with van der Waals surface area (Å²) < 4.78 is 5.16. The average molecular weight is 299 g/mol. The molecule has 1 saturated heterocycles. The predicted molar refractivity (Wildman–Crippen MR) is 72.7 cm³/mol. The Hall–Kier alpha value is -1.51. The molecule has 20 heavy (non-hydrogen) atoms. The Morgan fingerprint density at radius 2 is 2.40 bits per heavy atom. The molecule has 0 saturated carbocycles. The van der Waals surface area contributed by atoms with E-state index in [0.29, 0.717) is 19.4 Å². The van der Waals surface area contributed by atoms with Crippen molar-refractivity contribution in [3.63, 3.8) is 0 Å². The molecular weight excluding hydrogens is 282 g/mol. The molecule has 0 aromatic carbocycles. The van der Waals surface area contributed by atoms with Gasteiger partial charge in [-0.1, -0.05) is 0 Å². The van der Waals surface area contributed by atoms with E-state index in [2.05, 4.69) is 4.98 Å². The lowest BCUT2D eigenvalue weighted by Gasteiger charge is -2.19. The van der Waals surface area contributed by atoms with Gasteiger partial charge in [0.1, 0.15) is 11.7 Å². The van der Waals surface area contributed by atoms with Gasteiger partial charge in [0.05, 0.1) is 11.1 Å². The van der Waals surface area contributed by atoms with Crippen molar-refractivity contribution in [2.45, 2.75) is 25.0 Å². The van der Waals surface area contributed by atoms with Crippen molar-refractivity contribution in [1.29, 1.82) is 0 Å². The summed E-state index contributed by atoms with van der Waals surface area (Å²) in [5, 5.41) is 11.6. The summed E-state index contributed by atoms with van der Waals surface area (Å²) in [4.78, 5) is 29.1. The number of likely N-dealkylation sites (tertiary alicyclic amines) is 1. The molecule has 2 unspecified atom stereocenters. The van der Waals surface area contributed by atoms with Crippen LogP contribution in [0.15, 0.2) is 5.38 Å². The second-order valence-corrected chi connectivity index (χ2v) is 5.51. The molecule has 1 aromatic rings. The number of nitrogens with zero attached hydrogens (tertiary/aromatic N) is 2. The Morgan fingerprint density at radius 1 is 1.65 bits per heavy atom. The number of hydrogen-bond donors (Lipinski definition) is 2. The first kappa shape index (κ1) is 14.9. The quantitative estimate of drug-likeness (QED) is 0.790. The zero-order chi connectivity index (χ0) is 14.7. The van der Waals surface area contributed by atoms with Crippen LogP contribution in [-0.2, 0) is 16.0 Å². The second-order valence-electron chi connectivity index (χ2n) is 4.57. The van der Waals surface area contributed by atoms with Crippen molar-refractivity contribution in [2.24, 2.45) is 5.73 Å². The highest BCUT2D eigenvalue weighted by Crippen LogP contribution is 2.23. The van der Waals surface area contributed by atoms with Crippen LogP contribution >= 0.6 is 11.3 Å². The van der Waals surface area contributed by atoms with Crippen LogP contribution in [0.2, 0.25) is 0 Å². The zero-order valence-corrected chi connectivity index (χ0v) is 11.9. The minimum Gasteiger partial charge on any atom is -0.480 e. The minimum absolute atomic E-state index is 0.248. The van der Waals surface area contributed by atoms with Crippen molar-refractivity contribution in [3.8, 4) is 0 Å². The number of thiazole rings is 1. The van der Waals surface area contributed by atoms with E-state index in [1.54, 1.807) is 5.38 Å². The summed E-state index contributed by atoms with van der Waals surface area (Å²) in [6, 6.07) is -0.855. The Balaban J connectivity index is 2.15. The number of carboxylic acid groups (broad SMARTS) is 1. The zero-order valence-electron chi connectivity index (χ0n) is 11.1. The number of carboxylic acids is 1. The van der Waals surface area contributed by atoms with Gasteiger partial charge in [-0.05, 0) is 6.54 Å². The largest absolute Gasteiger partial charge is 0.480 e. The number of methoxy groups -OCH3 is 1. The van der Waals surface area contributed by atoms with Crippen LogP contribution in [-0.4, -0.2) is 59.2 Å². The summed E-state index contributed by atoms with van der Waals surface area (Å²) >= 11 is 1.36. The number of nitrogens with two attached hydrogens (primary N) is 1. The van der Waals surface area contributed by atoms with Crippen LogP contribution in [0.1, 0.15) is 21.9 Å². The summed E-state index contributed by atoms with van der Waals surface area (Å²) in [5.74, 6) is -1.38. The van der Waals surface area contributed by atoms with Crippen LogP contribution in [0.4, 0.5) is 0 Å². The fourth-order valence-corrected chi connectivity index (χ4v) is 3.01. The molecule has 0 spiro atoms. The number of aliphatic carboxylic acids is 1. The first-order chi connectivity index (χ1) is 9.56. The lowest BCUT2D eigenvalue weighted by atomic mass is 10.2. The fraction of sp³-hybridized carbons (Fsp3) is 0.583. The van der Waals surface area contributed by atoms with E-state index in [1.165, 1.54) is 23.3 Å². The fourth-order valence-electron chi connectivity index (χ4n) is 2.22. The molecule has 2 heterocycles. The molecule has 7 nitrogen and oxygen atoms in total. The van der Waals surface area contributed by atoms with Gasteiger partial charge in [0, 0.05) is 31.9 Å². The van der Waals surface area contributed by atoms with Gasteiger partial charge in [-0.2, -0.15) is 0 Å². The van der Waals surface area contributed by atoms with Crippen molar-refractivity contribution in [1.82, 2.24) is 9.88 Å². The molecule has 0 radical (unpaired) electrons. The van der Waals surface area contributed by atoms with Gasteiger partial charge in [0.25, 0.3) is 5.91 Å². The molecule has 1 aromatic heterocycles. The molecule has 0 bridgehead atoms. The lowest BCUT2D eigenvalue weighted by molar-refractivity contribution is -0.141. The van der Waals surface area contributed by atoms with Crippen molar-refractivity contribution >= 4 is 23.2 Å². The van der Waals surface area contributed by atoms with Gasteiger partial charge in [0.2, 0.25) is 0 Å². The van der Waals surface area contributed by atoms with Gasteiger partial charge >= 0.3 is 5.97 Å². The lowest BCUT2D eigenvalue weighted by Crippen LogP contribution is -2.40. The molecule has 110 valence electrons. The van der Waals surface area contributed by atoms with Crippen molar-refractivity contribution in [3.05, 3.63) is 16.1 Å².